The Hall–Kier alpha value is -1.91. The fourth-order valence-electron chi connectivity index (χ4n) is 1.83. The second kappa shape index (κ2) is 5.38. The number of carbonyl (C=O) groups excluding carboxylic acids is 1. The van der Waals surface area contributed by atoms with E-state index in [2.05, 4.69) is 5.32 Å². The molecule has 100 valence electrons. The zero-order valence-electron chi connectivity index (χ0n) is 10.2. The van der Waals surface area contributed by atoms with Gasteiger partial charge in [0.1, 0.15) is 0 Å². The van der Waals surface area contributed by atoms with Gasteiger partial charge in [0.2, 0.25) is 15.9 Å². The molecule has 0 unspecified atom stereocenters. The first-order valence-electron chi connectivity index (χ1n) is 5.81. The largest absolute Gasteiger partial charge is 0.355 e. The summed E-state index contributed by atoms with van der Waals surface area (Å²) in [6.07, 6.45) is 0.585. The zero-order valence-corrected chi connectivity index (χ0v) is 11.0. The van der Waals surface area contributed by atoms with Gasteiger partial charge in [0.15, 0.2) is 0 Å². The van der Waals surface area contributed by atoms with Crippen molar-refractivity contribution in [2.75, 3.05) is 19.6 Å². The average Bonchev–Trinajstić information content (AvgIpc) is 2.64. The highest BCUT2D eigenvalue weighted by atomic mass is 32.2. The van der Waals surface area contributed by atoms with Crippen LogP contribution >= 0.6 is 0 Å². The number of hydrogen-bond donors (Lipinski definition) is 1. The minimum Gasteiger partial charge on any atom is -0.355 e. The van der Waals surface area contributed by atoms with Gasteiger partial charge in [0.25, 0.3) is 0 Å². The van der Waals surface area contributed by atoms with Crippen LogP contribution in [0.5, 0.6) is 0 Å². The molecule has 1 heterocycles. The molecule has 0 saturated carbocycles. The molecule has 19 heavy (non-hydrogen) atoms. The van der Waals surface area contributed by atoms with E-state index in [1.807, 2.05) is 6.07 Å². The first-order chi connectivity index (χ1) is 9.04. The molecular weight excluding hydrogens is 266 g/mol. The van der Waals surface area contributed by atoms with Gasteiger partial charge in [-0.25, -0.2) is 8.42 Å². The van der Waals surface area contributed by atoms with Crippen LogP contribution in [0.25, 0.3) is 0 Å². The molecular formula is C12H13N3O3S. The van der Waals surface area contributed by atoms with Crippen LogP contribution in [0.15, 0.2) is 29.2 Å². The lowest BCUT2D eigenvalue weighted by atomic mass is 10.2. The molecule has 1 aliphatic rings. The van der Waals surface area contributed by atoms with E-state index in [0.717, 1.165) is 4.31 Å². The number of nitriles is 1. The van der Waals surface area contributed by atoms with Gasteiger partial charge in [-0.1, -0.05) is 0 Å². The van der Waals surface area contributed by atoms with Crippen molar-refractivity contribution in [2.24, 2.45) is 0 Å². The highest BCUT2D eigenvalue weighted by molar-refractivity contribution is 7.89. The third-order valence-corrected chi connectivity index (χ3v) is 4.71. The van der Waals surface area contributed by atoms with Crippen LogP contribution in [-0.2, 0) is 14.8 Å². The maximum atomic E-state index is 12.3. The first kappa shape index (κ1) is 13.5. The predicted octanol–water partition coefficient (Wildman–Crippen LogP) is 0.0689. The van der Waals surface area contributed by atoms with Crippen LogP contribution in [-0.4, -0.2) is 38.3 Å². The van der Waals surface area contributed by atoms with E-state index >= 15 is 0 Å². The number of nitrogens with zero attached hydrogens (tertiary/aromatic N) is 2. The minimum atomic E-state index is -3.68. The van der Waals surface area contributed by atoms with Crippen molar-refractivity contribution in [3.05, 3.63) is 29.8 Å². The topological polar surface area (TPSA) is 90.3 Å². The van der Waals surface area contributed by atoms with Crippen LogP contribution < -0.4 is 5.32 Å². The Balaban J connectivity index is 2.30. The van der Waals surface area contributed by atoms with Crippen molar-refractivity contribution in [3.63, 3.8) is 0 Å². The fraction of sp³-hybridized carbons (Fsp3) is 0.333. The molecule has 0 atom stereocenters. The van der Waals surface area contributed by atoms with E-state index in [1.165, 1.54) is 24.3 Å². The van der Waals surface area contributed by atoms with Gasteiger partial charge in [-0.15, -0.1) is 0 Å². The van der Waals surface area contributed by atoms with Crippen molar-refractivity contribution >= 4 is 15.9 Å². The molecule has 1 aromatic rings. The van der Waals surface area contributed by atoms with E-state index in [-0.39, 0.29) is 17.3 Å². The monoisotopic (exact) mass is 279 g/mol. The molecule has 1 aromatic carbocycles. The maximum Gasteiger partial charge on any atom is 0.243 e. The molecule has 1 amide bonds. The fourth-order valence-corrected chi connectivity index (χ4v) is 3.27. The summed E-state index contributed by atoms with van der Waals surface area (Å²) in [4.78, 5) is 11.5. The van der Waals surface area contributed by atoms with Gasteiger partial charge in [-0.05, 0) is 30.7 Å². The molecule has 0 spiro atoms. The summed E-state index contributed by atoms with van der Waals surface area (Å²) in [7, 11) is -3.68. The highest BCUT2D eigenvalue weighted by Gasteiger charge is 2.27. The predicted molar refractivity (Wildman–Crippen MR) is 67.5 cm³/mol. The van der Waals surface area contributed by atoms with Crippen molar-refractivity contribution < 1.29 is 13.2 Å². The van der Waals surface area contributed by atoms with Crippen LogP contribution in [0, 0.1) is 11.3 Å². The van der Waals surface area contributed by atoms with Crippen molar-refractivity contribution in [3.8, 4) is 6.07 Å². The molecule has 1 N–H and O–H groups in total. The highest BCUT2D eigenvalue weighted by Crippen LogP contribution is 2.17. The number of amides is 1. The van der Waals surface area contributed by atoms with Crippen LogP contribution in [0.3, 0.4) is 0 Å². The Morgan fingerprint density at radius 1 is 1.26 bits per heavy atom. The van der Waals surface area contributed by atoms with Gasteiger partial charge in [0.05, 0.1) is 23.1 Å². The van der Waals surface area contributed by atoms with Crippen molar-refractivity contribution in [1.82, 2.24) is 9.62 Å². The Morgan fingerprint density at radius 3 is 2.58 bits per heavy atom. The number of rotatable bonds is 2. The summed E-state index contributed by atoms with van der Waals surface area (Å²) in [5, 5.41) is 11.3. The summed E-state index contributed by atoms with van der Waals surface area (Å²) in [6, 6.07) is 7.60. The standard InChI is InChI=1S/C12H13N3O3S/c13-8-10-2-4-11(5-3-10)19(17,18)15-7-1-6-14-12(16)9-15/h2-5H,1,6-7,9H2,(H,14,16). The number of sulfonamides is 1. The molecule has 1 fully saturated rings. The summed E-state index contributed by atoms with van der Waals surface area (Å²) in [5.41, 5.74) is 0.396. The average molecular weight is 279 g/mol. The zero-order chi connectivity index (χ0) is 13.9. The lowest BCUT2D eigenvalue weighted by Gasteiger charge is -2.18. The molecule has 0 bridgehead atoms. The van der Waals surface area contributed by atoms with E-state index in [9.17, 15) is 13.2 Å². The second-order valence-electron chi connectivity index (χ2n) is 4.18. The van der Waals surface area contributed by atoms with E-state index < -0.39 is 10.0 Å². The van der Waals surface area contributed by atoms with Crippen molar-refractivity contribution in [1.29, 1.82) is 5.26 Å². The lowest BCUT2D eigenvalue weighted by molar-refractivity contribution is -0.120. The van der Waals surface area contributed by atoms with Gasteiger partial charge < -0.3 is 5.32 Å². The Labute approximate surface area is 111 Å². The Kier molecular flexibility index (Phi) is 3.83. The first-order valence-corrected chi connectivity index (χ1v) is 7.25. The van der Waals surface area contributed by atoms with Gasteiger partial charge in [0, 0.05) is 13.1 Å². The van der Waals surface area contributed by atoms with Crippen LogP contribution in [0.4, 0.5) is 0 Å². The molecule has 6 nitrogen and oxygen atoms in total. The SMILES string of the molecule is N#Cc1ccc(S(=O)(=O)N2CCCNC(=O)C2)cc1. The molecule has 1 aliphatic heterocycles. The van der Waals surface area contributed by atoms with E-state index in [4.69, 9.17) is 5.26 Å². The van der Waals surface area contributed by atoms with Crippen LogP contribution in [0.2, 0.25) is 0 Å². The lowest BCUT2D eigenvalue weighted by Crippen LogP contribution is -2.37. The maximum absolute atomic E-state index is 12.3. The second-order valence-corrected chi connectivity index (χ2v) is 6.12. The minimum absolute atomic E-state index is 0.0983. The normalized spacial score (nSPS) is 17.3. The van der Waals surface area contributed by atoms with E-state index in [0.29, 0.717) is 25.1 Å². The number of carbonyl (C=O) groups is 1. The third-order valence-electron chi connectivity index (χ3n) is 2.85. The smallest absolute Gasteiger partial charge is 0.243 e. The summed E-state index contributed by atoms with van der Waals surface area (Å²) >= 11 is 0. The molecule has 7 heteroatoms. The third kappa shape index (κ3) is 2.92. The molecule has 0 aliphatic carbocycles. The van der Waals surface area contributed by atoms with Gasteiger partial charge in [-0.2, -0.15) is 9.57 Å². The summed E-state index contributed by atoms with van der Waals surface area (Å²) in [5.74, 6) is -0.297. The number of hydrogen-bond acceptors (Lipinski definition) is 4. The van der Waals surface area contributed by atoms with E-state index in [1.54, 1.807) is 0 Å². The van der Waals surface area contributed by atoms with Gasteiger partial charge >= 0.3 is 0 Å². The van der Waals surface area contributed by atoms with Crippen LogP contribution in [0.1, 0.15) is 12.0 Å². The number of benzene rings is 1. The summed E-state index contributed by atoms with van der Waals surface area (Å²) in [6.45, 7) is 0.627. The Bertz CT molecular complexity index is 617. The van der Waals surface area contributed by atoms with Crippen molar-refractivity contribution in [2.45, 2.75) is 11.3 Å². The molecule has 2 rings (SSSR count). The van der Waals surface area contributed by atoms with Gasteiger partial charge in [-0.3, -0.25) is 4.79 Å². The number of nitrogens with one attached hydrogen (secondary N) is 1. The quantitative estimate of drug-likeness (QED) is 0.829. The Morgan fingerprint density at radius 2 is 1.95 bits per heavy atom. The molecule has 1 saturated heterocycles. The summed E-state index contributed by atoms with van der Waals surface area (Å²) < 4.78 is 25.9. The molecule has 0 radical (unpaired) electrons. The molecule has 0 aromatic heterocycles.